The Kier molecular flexibility index (Phi) is 29.4. The number of carbonyl (C=O) groups is 6. The van der Waals surface area contributed by atoms with Gasteiger partial charge in [-0.25, -0.2) is 8.42 Å². The Morgan fingerprint density at radius 3 is 1.86 bits per heavy atom. The van der Waals surface area contributed by atoms with Gasteiger partial charge in [0.05, 0.1) is 40.7 Å². The van der Waals surface area contributed by atoms with Crippen LogP contribution in [0.3, 0.4) is 0 Å². The van der Waals surface area contributed by atoms with Crippen molar-refractivity contribution in [3.63, 3.8) is 0 Å². The Bertz CT molecular complexity index is 4250. The predicted molar refractivity (Wildman–Crippen MR) is 366 cm³/mol. The number of hydrogen-bond donors (Lipinski definition) is 9. The van der Waals surface area contributed by atoms with E-state index in [9.17, 15) is 86.9 Å². The molecule has 0 aliphatic carbocycles. The number of aryl methyl sites for hydroxylation is 1. The zero-order chi connectivity index (χ0) is 74.7. The fourth-order valence-electron chi connectivity index (χ4n) is 11.4. The molecule has 35 nitrogen and oxygen atoms in total. The van der Waals surface area contributed by atoms with Gasteiger partial charge in [-0.05, 0) is 72.7 Å². The van der Waals surface area contributed by atoms with Gasteiger partial charge in [-0.1, -0.05) is 47.1 Å². The first kappa shape index (κ1) is 81.2. The van der Waals surface area contributed by atoms with E-state index in [1.807, 2.05) is 50.2 Å². The molecule has 2 saturated heterocycles. The second-order valence-corrected chi connectivity index (χ2v) is 31.5. The molecular weight excluding hydrogens is 1440 g/mol. The largest absolute Gasteiger partial charge is 0.488 e. The highest BCUT2D eigenvalue weighted by atomic mass is 35.5. The van der Waals surface area contributed by atoms with Gasteiger partial charge >= 0.3 is 17.9 Å². The number of ether oxygens (including phenoxy) is 3. The lowest BCUT2D eigenvalue weighted by Crippen LogP contribution is -2.56. The molecule has 9 N–H and O–H groups in total. The van der Waals surface area contributed by atoms with Crippen LogP contribution in [-0.4, -0.2) is 276 Å². The maximum atomic E-state index is 13.8. The van der Waals surface area contributed by atoms with Crippen molar-refractivity contribution in [3.05, 3.63) is 112 Å². The van der Waals surface area contributed by atoms with Crippen LogP contribution in [0.2, 0.25) is 5.02 Å². The van der Waals surface area contributed by atoms with E-state index in [0.29, 0.717) is 49.6 Å². The summed E-state index contributed by atoms with van der Waals surface area (Å²) < 4.78 is 144. The minimum absolute atomic E-state index is 0.0156. The van der Waals surface area contributed by atoms with E-state index in [0.717, 1.165) is 34.1 Å². The smallest absolute Gasteiger partial charge is 0.320 e. The van der Waals surface area contributed by atoms with Gasteiger partial charge < -0.3 is 50.4 Å². The minimum atomic E-state index is -4.80. The monoisotopic (exact) mass is 1530 g/mol. The SMILES string of the molecule is Cc1c(COc2cc(OCc3cncc(S(C)(=O)=O)c3)c(CN[C@@H](CS(=O)(=O)O)C(=O)NCCS(=O)(=O)O)cc2Cl)cccc1-c1cccc(OCc2cn(CCCN3CCN(C(=O)[C@H](CS(=O)(=O)O)NC(=O)CC[C@H](C(=O)O)N4CCN(CC(=O)O)CCN(CC(=O)O)CC4)CC3)nn2)c1C. The third-order valence-electron chi connectivity index (χ3n) is 16.7. The van der Waals surface area contributed by atoms with Crippen molar-refractivity contribution in [1.29, 1.82) is 0 Å². The summed E-state index contributed by atoms with van der Waals surface area (Å²) in [5.74, 6) is -8.54. The van der Waals surface area contributed by atoms with E-state index in [2.05, 4.69) is 36.1 Å². The van der Waals surface area contributed by atoms with E-state index in [1.165, 1.54) is 40.4 Å². The average molecular weight is 1530 g/mol. The second kappa shape index (κ2) is 36.9. The van der Waals surface area contributed by atoms with Crippen molar-refractivity contribution in [2.24, 2.45) is 0 Å². The van der Waals surface area contributed by atoms with E-state index in [1.54, 1.807) is 20.7 Å². The summed E-state index contributed by atoms with van der Waals surface area (Å²) in [6.07, 6.45) is 5.18. The quantitative estimate of drug-likeness (QED) is 0.0242. The number of aliphatic carboxylic acids is 3. The molecule has 102 heavy (non-hydrogen) atoms. The van der Waals surface area contributed by atoms with E-state index in [-0.39, 0.29) is 125 Å². The molecule has 7 rings (SSSR count). The number of benzene rings is 3. The number of hydrogen-bond acceptors (Lipinski definition) is 25. The summed E-state index contributed by atoms with van der Waals surface area (Å²) in [5, 5.41) is 45.0. The zero-order valence-electron chi connectivity index (χ0n) is 56.0. The van der Waals surface area contributed by atoms with Gasteiger partial charge in [-0.3, -0.25) is 71.7 Å². The van der Waals surface area contributed by atoms with Crippen LogP contribution in [0.5, 0.6) is 17.2 Å². The molecule has 560 valence electrons. The number of nitrogens with one attached hydrogen (secondary N) is 3. The Morgan fingerprint density at radius 2 is 1.25 bits per heavy atom. The van der Waals surface area contributed by atoms with Crippen LogP contribution >= 0.6 is 11.6 Å². The fraction of sp³-hybridized carbons (Fsp3) is 0.500. The first-order chi connectivity index (χ1) is 48.0. The topological polar surface area (TPSA) is 484 Å². The van der Waals surface area contributed by atoms with Crippen molar-refractivity contribution in [2.75, 3.05) is 115 Å². The molecule has 0 radical (unpaired) electrons. The van der Waals surface area contributed by atoms with Gasteiger partial charge in [0.1, 0.15) is 66.6 Å². The van der Waals surface area contributed by atoms with Gasteiger partial charge in [-0.15, -0.1) is 5.10 Å². The standard InChI is InChI=1S/C62H83ClN12O23S4/c1-41-44(37-97-56-29-55(96-36-43-27-47(32-64-30-43)99(3,85)86)45(28-50(56)63)31-66-51(39-101(90,91)92)60(81)65-13-26-100(87,88)89)7-4-8-48(41)49-9-5-10-54(42(49)2)98-38-46-33-75(69-68-46)15-6-14-70-18-24-74(25-19-70)61(82)52(40-102(93,94)95)67-57(76)12-11-53(62(83)84)73-22-20-71(34-58(77)78)16-17-72(21-23-73)35-59(79)80/h4-5,7-10,27-30,32-33,51-53,66H,6,11-26,31,34-40H2,1-3H3,(H,65,81)(H,67,76)(H,77,78)(H,79,80)(H,83,84)(H,87,88,89)(H,90,91,92)(H,93,94,95)/t51-,52-,53+/m0/s1. The van der Waals surface area contributed by atoms with Crippen molar-refractivity contribution in [1.82, 2.24) is 60.4 Å². The molecule has 2 aliphatic heterocycles. The highest BCUT2D eigenvalue weighted by Crippen LogP contribution is 2.37. The minimum Gasteiger partial charge on any atom is -0.488 e. The normalized spacial score (nSPS) is 15.8. The molecule has 0 bridgehead atoms. The number of rotatable bonds is 37. The van der Waals surface area contributed by atoms with Gasteiger partial charge in [0.25, 0.3) is 30.4 Å². The number of halogens is 1. The Morgan fingerprint density at radius 1 is 0.647 bits per heavy atom. The number of pyridine rings is 1. The summed E-state index contributed by atoms with van der Waals surface area (Å²) in [4.78, 5) is 87.8. The average Bonchev–Trinajstić information content (AvgIpc) is 0.882. The third kappa shape index (κ3) is 26.3. The van der Waals surface area contributed by atoms with Gasteiger partial charge in [0.2, 0.25) is 17.7 Å². The van der Waals surface area contributed by atoms with Gasteiger partial charge in [0, 0.05) is 134 Å². The lowest BCUT2D eigenvalue weighted by molar-refractivity contribution is -0.145. The van der Waals surface area contributed by atoms with Crippen LogP contribution in [-0.2, 0) is 102 Å². The first-order valence-electron chi connectivity index (χ1n) is 31.9. The molecule has 0 unspecified atom stereocenters. The number of aromatic nitrogens is 4. The van der Waals surface area contributed by atoms with Gasteiger partial charge in [-0.2, -0.15) is 25.3 Å². The lowest BCUT2D eigenvalue weighted by atomic mass is 9.93. The molecule has 40 heteroatoms. The number of carboxylic acids is 3. The maximum Gasteiger partial charge on any atom is 0.320 e. The summed E-state index contributed by atoms with van der Waals surface area (Å²) in [6, 6.07) is 10.9. The molecule has 4 heterocycles. The molecule has 3 atom stereocenters. The second-order valence-electron chi connectivity index (χ2n) is 24.5. The molecule has 2 fully saturated rings. The lowest BCUT2D eigenvalue weighted by Gasteiger charge is -2.36. The van der Waals surface area contributed by atoms with Crippen LogP contribution in [0.15, 0.2) is 78.1 Å². The molecule has 5 aromatic rings. The molecule has 0 spiro atoms. The summed E-state index contributed by atoms with van der Waals surface area (Å²) in [6.45, 7) is 5.00. The van der Waals surface area contributed by atoms with Crippen molar-refractivity contribution >= 4 is 87.4 Å². The molecule has 3 amide bonds. The molecular formula is C62H83ClN12O23S4. The number of sulfone groups is 1. The molecule has 3 aromatic carbocycles. The molecule has 2 aromatic heterocycles. The highest BCUT2D eigenvalue weighted by molar-refractivity contribution is 7.90. The van der Waals surface area contributed by atoms with E-state index >= 15 is 0 Å². The van der Waals surface area contributed by atoms with Gasteiger partial charge in [0.15, 0.2) is 9.84 Å². The van der Waals surface area contributed by atoms with Crippen molar-refractivity contribution in [2.45, 2.75) is 89.0 Å². The Hall–Kier alpha value is -8.06. The third-order valence-corrected chi connectivity index (χ3v) is 20.4. The zero-order valence-corrected chi connectivity index (χ0v) is 60.0. The Balaban J connectivity index is 0.919. The van der Waals surface area contributed by atoms with E-state index in [4.69, 9.17) is 30.4 Å². The number of carbonyl (C=O) groups excluding carboxylic acids is 3. The number of carboxylic acid groups (broad SMARTS) is 3. The Labute approximate surface area is 594 Å². The summed E-state index contributed by atoms with van der Waals surface area (Å²) >= 11 is 6.81. The first-order valence-corrected chi connectivity index (χ1v) is 39.0. The summed E-state index contributed by atoms with van der Waals surface area (Å²) in [5.41, 5.74) is 5.26. The fourth-order valence-corrected chi connectivity index (χ4v) is 14.0. The van der Waals surface area contributed by atoms with Crippen LogP contribution in [0.4, 0.5) is 0 Å². The predicted octanol–water partition coefficient (Wildman–Crippen LogP) is 0.330. The van der Waals surface area contributed by atoms with Crippen LogP contribution in [0.1, 0.15) is 52.8 Å². The number of nitrogens with zero attached hydrogens (tertiary/aromatic N) is 9. The van der Waals surface area contributed by atoms with Crippen LogP contribution in [0.25, 0.3) is 11.1 Å². The van der Waals surface area contributed by atoms with Crippen LogP contribution in [0, 0.1) is 13.8 Å². The van der Waals surface area contributed by atoms with Crippen LogP contribution < -0.4 is 30.2 Å². The maximum absolute atomic E-state index is 13.8. The van der Waals surface area contributed by atoms with Crippen molar-refractivity contribution in [3.8, 4) is 28.4 Å². The van der Waals surface area contributed by atoms with Crippen molar-refractivity contribution < 1.29 is 106 Å². The summed E-state index contributed by atoms with van der Waals surface area (Å²) in [7, 11) is -17.7. The number of amides is 3. The molecule has 2 aliphatic rings. The molecule has 0 saturated carbocycles. The number of piperazine rings is 1. The highest BCUT2D eigenvalue weighted by Gasteiger charge is 2.34. The van der Waals surface area contributed by atoms with E-state index < -0.39 is 124 Å².